The molecule has 0 bridgehead atoms. The highest BCUT2D eigenvalue weighted by Crippen LogP contribution is 2.22. The maximum absolute atomic E-state index is 12.3. The van der Waals surface area contributed by atoms with Gasteiger partial charge in [0, 0.05) is 19.5 Å². The predicted octanol–water partition coefficient (Wildman–Crippen LogP) is 2.14. The number of benzene rings is 1. The average molecular weight is 298 g/mol. The Morgan fingerprint density at radius 3 is 2.53 bits per heavy atom. The molecule has 0 spiro atoms. The zero-order chi connectivity index (χ0) is 14.5. The molecule has 19 heavy (non-hydrogen) atoms. The average Bonchev–Trinajstić information content (AvgIpc) is 2.39. The van der Waals surface area contributed by atoms with Crippen LogP contribution >= 0.6 is 11.6 Å². The molecule has 0 fully saturated rings. The van der Waals surface area contributed by atoms with E-state index in [1.165, 1.54) is 22.5 Å². The lowest BCUT2D eigenvalue weighted by atomic mass is 10.2. The van der Waals surface area contributed by atoms with Crippen LogP contribution in [0, 0.1) is 22.7 Å². The maximum atomic E-state index is 12.3. The van der Waals surface area contributed by atoms with Crippen LogP contribution in [0.15, 0.2) is 23.1 Å². The third-order valence-corrected chi connectivity index (χ3v) is 4.81. The molecule has 100 valence electrons. The summed E-state index contributed by atoms with van der Waals surface area (Å²) in [4.78, 5) is 0.0243. The van der Waals surface area contributed by atoms with E-state index >= 15 is 0 Å². The second-order valence-electron chi connectivity index (χ2n) is 3.66. The lowest BCUT2D eigenvalue weighted by molar-refractivity contribution is 0.435. The van der Waals surface area contributed by atoms with Gasteiger partial charge in [-0.15, -0.1) is 0 Å². The van der Waals surface area contributed by atoms with E-state index in [1.54, 1.807) is 6.92 Å². The first-order valence-corrected chi connectivity index (χ1v) is 7.36. The molecule has 7 heteroatoms. The molecule has 0 aliphatic rings. The summed E-state index contributed by atoms with van der Waals surface area (Å²) in [5.74, 6) is 0. The SMILES string of the molecule is CCN(CCC#N)S(=O)(=O)c1ccc(C#N)c(Cl)c1. The molecule has 0 radical (unpaired) electrons. The van der Waals surface area contributed by atoms with E-state index in [1.807, 2.05) is 12.1 Å². The van der Waals surface area contributed by atoms with Crippen molar-refractivity contribution in [1.82, 2.24) is 4.31 Å². The van der Waals surface area contributed by atoms with Gasteiger partial charge in [0.25, 0.3) is 0 Å². The molecule has 0 heterocycles. The molecule has 0 aliphatic carbocycles. The molecule has 0 aromatic heterocycles. The van der Waals surface area contributed by atoms with Crippen LogP contribution in [-0.4, -0.2) is 25.8 Å². The van der Waals surface area contributed by atoms with E-state index in [4.69, 9.17) is 22.1 Å². The molecule has 0 N–H and O–H groups in total. The zero-order valence-electron chi connectivity index (χ0n) is 10.3. The Kier molecular flexibility index (Phi) is 5.31. The molecule has 5 nitrogen and oxygen atoms in total. The molecule has 0 unspecified atom stereocenters. The highest BCUT2D eigenvalue weighted by molar-refractivity contribution is 7.89. The Morgan fingerprint density at radius 1 is 1.37 bits per heavy atom. The van der Waals surface area contributed by atoms with Crippen LogP contribution < -0.4 is 0 Å². The van der Waals surface area contributed by atoms with Crippen LogP contribution in [0.5, 0.6) is 0 Å². The first-order valence-electron chi connectivity index (χ1n) is 5.54. The second kappa shape index (κ2) is 6.53. The van der Waals surface area contributed by atoms with Crippen molar-refractivity contribution in [2.75, 3.05) is 13.1 Å². The third-order valence-electron chi connectivity index (χ3n) is 2.52. The van der Waals surface area contributed by atoms with Crippen molar-refractivity contribution in [1.29, 1.82) is 10.5 Å². The molecule has 0 atom stereocenters. The summed E-state index contributed by atoms with van der Waals surface area (Å²) >= 11 is 5.83. The predicted molar refractivity (Wildman–Crippen MR) is 70.8 cm³/mol. The molecule has 0 saturated carbocycles. The Morgan fingerprint density at radius 2 is 2.05 bits per heavy atom. The van der Waals surface area contributed by atoms with Crippen molar-refractivity contribution < 1.29 is 8.42 Å². The lowest BCUT2D eigenvalue weighted by Crippen LogP contribution is -2.31. The van der Waals surface area contributed by atoms with Gasteiger partial charge in [0.1, 0.15) is 6.07 Å². The number of rotatable bonds is 5. The fourth-order valence-electron chi connectivity index (χ4n) is 1.52. The van der Waals surface area contributed by atoms with E-state index < -0.39 is 10.0 Å². The number of nitriles is 2. The fraction of sp³-hybridized carbons (Fsp3) is 0.333. The summed E-state index contributed by atoms with van der Waals surface area (Å²) in [6.45, 7) is 2.09. The van der Waals surface area contributed by atoms with Crippen LogP contribution in [-0.2, 0) is 10.0 Å². The number of halogens is 1. The first-order chi connectivity index (χ1) is 8.97. The van der Waals surface area contributed by atoms with Gasteiger partial charge in [-0.1, -0.05) is 18.5 Å². The van der Waals surface area contributed by atoms with Gasteiger partial charge in [0.15, 0.2) is 0 Å². The molecule has 1 rings (SSSR count). The topological polar surface area (TPSA) is 85.0 Å². The summed E-state index contributed by atoms with van der Waals surface area (Å²) in [7, 11) is -3.68. The van der Waals surface area contributed by atoms with Gasteiger partial charge < -0.3 is 0 Å². The number of hydrogen-bond acceptors (Lipinski definition) is 4. The minimum absolute atomic E-state index is 0.0243. The van der Waals surface area contributed by atoms with E-state index in [-0.39, 0.29) is 35.0 Å². The molecule has 0 amide bonds. The lowest BCUT2D eigenvalue weighted by Gasteiger charge is -2.19. The summed E-state index contributed by atoms with van der Waals surface area (Å²) < 4.78 is 25.8. The number of hydrogen-bond donors (Lipinski definition) is 0. The molecular formula is C12H12ClN3O2S. The minimum atomic E-state index is -3.68. The van der Waals surface area contributed by atoms with Gasteiger partial charge in [0.2, 0.25) is 10.0 Å². The summed E-state index contributed by atoms with van der Waals surface area (Å²) in [6.07, 6.45) is 0.122. The summed E-state index contributed by atoms with van der Waals surface area (Å²) in [5.41, 5.74) is 0.223. The van der Waals surface area contributed by atoms with Crippen molar-refractivity contribution in [3.63, 3.8) is 0 Å². The Labute approximate surface area is 117 Å². The van der Waals surface area contributed by atoms with Crippen molar-refractivity contribution in [3.05, 3.63) is 28.8 Å². The van der Waals surface area contributed by atoms with Gasteiger partial charge in [-0.2, -0.15) is 14.8 Å². The first kappa shape index (κ1) is 15.5. The fourth-order valence-corrected chi connectivity index (χ4v) is 3.28. The molecular weight excluding hydrogens is 286 g/mol. The van der Waals surface area contributed by atoms with Crippen LogP contribution in [0.3, 0.4) is 0 Å². The van der Waals surface area contributed by atoms with Crippen LogP contribution in [0.2, 0.25) is 5.02 Å². The van der Waals surface area contributed by atoms with Gasteiger partial charge in [-0.05, 0) is 18.2 Å². The monoisotopic (exact) mass is 297 g/mol. The van der Waals surface area contributed by atoms with Crippen LogP contribution in [0.1, 0.15) is 18.9 Å². The van der Waals surface area contributed by atoms with Gasteiger partial charge in [-0.25, -0.2) is 8.42 Å². The largest absolute Gasteiger partial charge is 0.243 e. The molecule has 1 aromatic rings. The van der Waals surface area contributed by atoms with Gasteiger partial charge in [-0.3, -0.25) is 0 Å². The van der Waals surface area contributed by atoms with Crippen LogP contribution in [0.4, 0.5) is 0 Å². The summed E-state index contributed by atoms with van der Waals surface area (Å²) in [5, 5.41) is 17.4. The molecule has 0 aliphatic heterocycles. The van der Waals surface area contributed by atoms with E-state index in [0.717, 1.165) is 0 Å². The number of sulfonamides is 1. The van der Waals surface area contributed by atoms with Crippen molar-refractivity contribution in [2.24, 2.45) is 0 Å². The smallest absolute Gasteiger partial charge is 0.207 e. The van der Waals surface area contributed by atoms with Crippen LogP contribution in [0.25, 0.3) is 0 Å². The molecule has 1 aromatic carbocycles. The van der Waals surface area contributed by atoms with E-state index in [9.17, 15) is 8.42 Å². The molecule has 0 saturated heterocycles. The Bertz CT molecular complexity index is 644. The third kappa shape index (κ3) is 3.45. The zero-order valence-corrected chi connectivity index (χ0v) is 11.9. The second-order valence-corrected chi connectivity index (χ2v) is 6.00. The van der Waals surface area contributed by atoms with E-state index in [0.29, 0.717) is 0 Å². The van der Waals surface area contributed by atoms with Crippen molar-refractivity contribution in [3.8, 4) is 12.1 Å². The number of nitrogens with zero attached hydrogens (tertiary/aromatic N) is 3. The van der Waals surface area contributed by atoms with Gasteiger partial charge >= 0.3 is 0 Å². The quantitative estimate of drug-likeness (QED) is 0.833. The van der Waals surface area contributed by atoms with Gasteiger partial charge in [0.05, 0.1) is 21.6 Å². The highest BCUT2D eigenvalue weighted by atomic mass is 35.5. The Balaban J connectivity index is 3.16. The summed E-state index contributed by atoms with van der Waals surface area (Å²) in [6, 6.07) is 7.74. The maximum Gasteiger partial charge on any atom is 0.243 e. The highest BCUT2D eigenvalue weighted by Gasteiger charge is 2.23. The van der Waals surface area contributed by atoms with Crippen molar-refractivity contribution >= 4 is 21.6 Å². The normalized spacial score (nSPS) is 11.0. The standard InChI is InChI=1S/C12H12ClN3O2S/c1-2-16(7-3-6-14)19(17,18)11-5-4-10(9-15)12(13)8-11/h4-5,8H,2-3,7H2,1H3. The van der Waals surface area contributed by atoms with E-state index in [2.05, 4.69) is 0 Å². The minimum Gasteiger partial charge on any atom is -0.207 e. The van der Waals surface area contributed by atoms with Crippen molar-refractivity contribution in [2.45, 2.75) is 18.2 Å². The Hall–Kier alpha value is -1.60.